The highest BCUT2D eigenvalue weighted by Crippen LogP contribution is 2.19. The van der Waals surface area contributed by atoms with E-state index in [0.29, 0.717) is 5.75 Å². The average molecular weight is 249 g/mol. The van der Waals surface area contributed by atoms with E-state index in [-0.39, 0.29) is 12.5 Å². The van der Waals surface area contributed by atoms with E-state index in [2.05, 4.69) is 11.2 Å². The number of nitrogens with one attached hydrogen (secondary N) is 1. The molecular formula is C13H15NO2S. The monoisotopic (exact) mass is 249 g/mol. The first-order valence-corrected chi connectivity index (χ1v) is 6.41. The predicted molar refractivity (Wildman–Crippen MR) is 70.2 cm³/mol. The van der Waals surface area contributed by atoms with Gasteiger partial charge in [0.15, 0.2) is 6.10 Å². The maximum Gasteiger partial charge on any atom is 0.261 e. The number of terminal acetylenes is 1. The van der Waals surface area contributed by atoms with E-state index >= 15 is 0 Å². The molecule has 0 fully saturated rings. The number of thioether (sulfide) groups is 1. The lowest BCUT2D eigenvalue weighted by atomic mass is 10.3. The number of benzene rings is 1. The van der Waals surface area contributed by atoms with Crippen molar-refractivity contribution in [1.82, 2.24) is 5.32 Å². The molecule has 1 rings (SSSR count). The molecule has 1 atom stereocenters. The van der Waals surface area contributed by atoms with Crippen molar-refractivity contribution in [3.8, 4) is 18.1 Å². The zero-order chi connectivity index (χ0) is 12.7. The second-order valence-electron chi connectivity index (χ2n) is 3.36. The Kier molecular flexibility index (Phi) is 5.44. The van der Waals surface area contributed by atoms with E-state index in [1.165, 1.54) is 0 Å². The highest BCUT2D eigenvalue weighted by molar-refractivity contribution is 7.98. The van der Waals surface area contributed by atoms with E-state index in [1.807, 2.05) is 30.5 Å². The fourth-order valence-electron chi connectivity index (χ4n) is 1.19. The molecule has 0 heterocycles. The van der Waals surface area contributed by atoms with Crippen molar-refractivity contribution in [3.63, 3.8) is 0 Å². The quantitative estimate of drug-likeness (QED) is 0.640. The minimum atomic E-state index is -0.552. The minimum Gasteiger partial charge on any atom is -0.481 e. The third-order valence-electron chi connectivity index (χ3n) is 2.11. The summed E-state index contributed by atoms with van der Waals surface area (Å²) in [6.07, 6.45) is 6.51. The molecule has 0 saturated heterocycles. The van der Waals surface area contributed by atoms with Crippen LogP contribution >= 0.6 is 11.8 Å². The highest BCUT2D eigenvalue weighted by Gasteiger charge is 2.13. The lowest BCUT2D eigenvalue weighted by molar-refractivity contribution is -0.126. The Morgan fingerprint density at radius 2 is 2.18 bits per heavy atom. The van der Waals surface area contributed by atoms with Crippen molar-refractivity contribution in [2.24, 2.45) is 0 Å². The first-order valence-electron chi connectivity index (χ1n) is 5.19. The van der Waals surface area contributed by atoms with Crippen LogP contribution in [-0.4, -0.2) is 24.8 Å². The Hall–Kier alpha value is -1.60. The number of carbonyl (C=O) groups excluding carboxylic acids is 1. The molecular weight excluding hydrogens is 234 g/mol. The van der Waals surface area contributed by atoms with Gasteiger partial charge in [0.1, 0.15) is 5.75 Å². The van der Waals surface area contributed by atoms with E-state index in [4.69, 9.17) is 11.2 Å². The van der Waals surface area contributed by atoms with Gasteiger partial charge in [0.2, 0.25) is 0 Å². The summed E-state index contributed by atoms with van der Waals surface area (Å²) in [5.74, 6) is 2.80. The SMILES string of the molecule is C#CCNC(=O)C(C)Oc1ccc(SC)cc1. The standard InChI is InChI=1S/C13H15NO2S/c1-4-9-14-13(15)10(2)16-11-5-7-12(17-3)8-6-11/h1,5-8,10H,9H2,2-3H3,(H,14,15). The van der Waals surface area contributed by atoms with Crippen LogP contribution in [0.5, 0.6) is 5.75 Å². The maximum absolute atomic E-state index is 11.5. The molecule has 0 aliphatic rings. The van der Waals surface area contributed by atoms with Crippen molar-refractivity contribution in [2.75, 3.05) is 12.8 Å². The van der Waals surface area contributed by atoms with Crippen LogP contribution in [0, 0.1) is 12.3 Å². The Labute approximate surface area is 106 Å². The molecule has 0 radical (unpaired) electrons. The number of ether oxygens (including phenoxy) is 1. The maximum atomic E-state index is 11.5. The summed E-state index contributed by atoms with van der Waals surface area (Å²) in [5.41, 5.74) is 0. The van der Waals surface area contributed by atoms with Crippen molar-refractivity contribution < 1.29 is 9.53 Å². The summed E-state index contributed by atoms with van der Waals surface area (Å²) in [4.78, 5) is 12.6. The summed E-state index contributed by atoms with van der Waals surface area (Å²) in [6, 6.07) is 7.59. The fraction of sp³-hybridized carbons (Fsp3) is 0.308. The molecule has 1 unspecified atom stereocenters. The molecule has 0 bridgehead atoms. The molecule has 0 aromatic heterocycles. The van der Waals surface area contributed by atoms with Gasteiger partial charge in [-0.3, -0.25) is 4.79 Å². The third-order valence-corrected chi connectivity index (χ3v) is 2.85. The second-order valence-corrected chi connectivity index (χ2v) is 4.24. The fourth-order valence-corrected chi connectivity index (χ4v) is 1.60. The van der Waals surface area contributed by atoms with Gasteiger partial charge in [-0.15, -0.1) is 18.2 Å². The zero-order valence-corrected chi connectivity index (χ0v) is 10.7. The summed E-state index contributed by atoms with van der Waals surface area (Å²) in [7, 11) is 0. The summed E-state index contributed by atoms with van der Waals surface area (Å²) in [6.45, 7) is 1.91. The van der Waals surface area contributed by atoms with Gasteiger partial charge in [-0.2, -0.15) is 0 Å². The summed E-state index contributed by atoms with van der Waals surface area (Å²) < 4.78 is 5.48. The van der Waals surface area contributed by atoms with Crippen molar-refractivity contribution in [2.45, 2.75) is 17.9 Å². The van der Waals surface area contributed by atoms with Gasteiger partial charge < -0.3 is 10.1 Å². The smallest absolute Gasteiger partial charge is 0.261 e. The second kappa shape index (κ2) is 6.87. The van der Waals surface area contributed by atoms with Crippen molar-refractivity contribution in [1.29, 1.82) is 0 Å². The average Bonchev–Trinajstić information content (AvgIpc) is 2.36. The van der Waals surface area contributed by atoms with Crippen LogP contribution < -0.4 is 10.1 Å². The number of amides is 1. The number of carbonyl (C=O) groups is 1. The normalized spacial score (nSPS) is 11.4. The van der Waals surface area contributed by atoms with Gasteiger partial charge in [0, 0.05) is 4.90 Å². The lowest BCUT2D eigenvalue weighted by Gasteiger charge is -2.13. The predicted octanol–water partition coefficient (Wildman–Crippen LogP) is 1.93. The van der Waals surface area contributed by atoms with Crippen molar-refractivity contribution in [3.05, 3.63) is 24.3 Å². The molecule has 4 heteroatoms. The van der Waals surface area contributed by atoms with Crippen LogP contribution in [-0.2, 0) is 4.79 Å². The minimum absolute atomic E-state index is 0.211. The van der Waals surface area contributed by atoms with E-state index in [0.717, 1.165) is 4.90 Å². The lowest BCUT2D eigenvalue weighted by Crippen LogP contribution is -2.36. The van der Waals surface area contributed by atoms with Crippen LogP contribution in [0.3, 0.4) is 0 Å². The van der Waals surface area contributed by atoms with Crippen LogP contribution in [0.1, 0.15) is 6.92 Å². The molecule has 0 saturated carbocycles. The molecule has 90 valence electrons. The van der Waals surface area contributed by atoms with Gasteiger partial charge in [-0.25, -0.2) is 0 Å². The number of hydrogen-bond acceptors (Lipinski definition) is 3. The van der Waals surface area contributed by atoms with E-state index in [1.54, 1.807) is 18.7 Å². The van der Waals surface area contributed by atoms with Crippen LogP contribution in [0.25, 0.3) is 0 Å². The van der Waals surface area contributed by atoms with Crippen molar-refractivity contribution >= 4 is 17.7 Å². The van der Waals surface area contributed by atoms with E-state index < -0.39 is 6.10 Å². The van der Waals surface area contributed by atoms with Crippen LogP contribution in [0.2, 0.25) is 0 Å². The van der Waals surface area contributed by atoms with Gasteiger partial charge in [0.25, 0.3) is 5.91 Å². The molecule has 0 aliphatic heterocycles. The molecule has 0 spiro atoms. The Morgan fingerprint density at radius 1 is 1.53 bits per heavy atom. The molecule has 17 heavy (non-hydrogen) atoms. The summed E-state index contributed by atoms with van der Waals surface area (Å²) in [5, 5.41) is 2.57. The van der Waals surface area contributed by atoms with Gasteiger partial charge in [-0.1, -0.05) is 5.92 Å². The van der Waals surface area contributed by atoms with E-state index in [9.17, 15) is 4.79 Å². The number of rotatable bonds is 5. The molecule has 1 aromatic rings. The van der Waals surface area contributed by atoms with Crippen LogP contribution in [0.15, 0.2) is 29.2 Å². The number of hydrogen-bond donors (Lipinski definition) is 1. The Balaban J connectivity index is 2.52. The summed E-state index contributed by atoms with van der Waals surface area (Å²) >= 11 is 1.66. The Bertz CT molecular complexity index is 408. The molecule has 1 aromatic carbocycles. The third kappa shape index (κ3) is 4.41. The van der Waals surface area contributed by atoms with Gasteiger partial charge in [-0.05, 0) is 37.4 Å². The first-order chi connectivity index (χ1) is 8.17. The van der Waals surface area contributed by atoms with Gasteiger partial charge >= 0.3 is 0 Å². The highest BCUT2D eigenvalue weighted by atomic mass is 32.2. The molecule has 0 aliphatic carbocycles. The largest absolute Gasteiger partial charge is 0.481 e. The zero-order valence-electron chi connectivity index (χ0n) is 9.90. The topological polar surface area (TPSA) is 38.3 Å². The first kappa shape index (κ1) is 13.5. The molecule has 1 N–H and O–H groups in total. The van der Waals surface area contributed by atoms with Gasteiger partial charge in [0.05, 0.1) is 6.54 Å². The van der Waals surface area contributed by atoms with Crippen LogP contribution in [0.4, 0.5) is 0 Å². The molecule has 1 amide bonds. The molecule has 3 nitrogen and oxygen atoms in total. The Morgan fingerprint density at radius 3 is 2.71 bits per heavy atom.